The number of amides is 3. The van der Waals surface area contributed by atoms with Crippen molar-refractivity contribution in [1.82, 2.24) is 30.1 Å². The van der Waals surface area contributed by atoms with Crippen LogP contribution in [0.5, 0.6) is 5.75 Å². The summed E-state index contributed by atoms with van der Waals surface area (Å²) in [5.74, 6) is -2.50. The smallest absolute Gasteiger partial charge is 0.234 e. The second-order valence-electron chi connectivity index (χ2n) is 19.0. The Balaban J connectivity index is 0.797. The van der Waals surface area contributed by atoms with Crippen molar-refractivity contribution in [3.05, 3.63) is 87.7 Å². The molecule has 19 heteroatoms. The molecule has 370 valence electrons. The molecule has 0 aliphatic carbocycles. The van der Waals surface area contributed by atoms with Crippen molar-refractivity contribution >= 4 is 91.5 Å². The van der Waals surface area contributed by atoms with E-state index in [0.717, 1.165) is 90.7 Å². The van der Waals surface area contributed by atoms with Crippen LogP contribution in [0.3, 0.4) is 0 Å². The van der Waals surface area contributed by atoms with Gasteiger partial charge in [-0.25, -0.2) is 13.8 Å². The first-order valence-electron chi connectivity index (χ1n) is 24.2. The van der Waals surface area contributed by atoms with Gasteiger partial charge in [0.1, 0.15) is 30.3 Å². The molecule has 3 aromatic carbocycles. The molecule has 0 saturated carbocycles. The Bertz CT molecular complexity index is 2860. The van der Waals surface area contributed by atoms with Crippen LogP contribution in [0.2, 0.25) is 0 Å². The predicted molar refractivity (Wildman–Crippen MR) is 274 cm³/mol. The van der Waals surface area contributed by atoms with Crippen LogP contribution in [0.1, 0.15) is 68.7 Å². The maximum atomic E-state index is 15.3. The summed E-state index contributed by atoms with van der Waals surface area (Å²) >= 11 is 3.62. The van der Waals surface area contributed by atoms with Crippen LogP contribution in [-0.2, 0) is 31.8 Å². The van der Waals surface area contributed by atoms with Crippen LogP contribution in [0.25, 0.3) is 10.9 Å². The van der Waals surface area contributed by atoms with Crippen molar-refractivity contribution < 1.29 is 32.5 Å². The third-order valence-corrected chi connectivity index (χ3v) is 16.5. The van der Waals surface area contributed by atoms with Gasteiger partial charge >= 0.3 is 0 Å². The maximum absolute atomic E-state index is 15.3. The Morgan fingerprint density at radius 3 is 2.27 bits per heavy atom. The number of aryl methyl sites for hydroxylation is 2. The Morgan fingerprint density at radius 1 is 0.871 bits per heavy atom. The van der Waals surface area contributed by atoms with Gasteiger partial charge in [0, 0.05) is 110 Å². The summed E-state index contributed by atoms with van der Waals surface area (Å²) in [7, 11) is -1.10. The maximum Gasteiger partial charge on any atom is 0.234 e. The number of aromatic nitrogens is 3. The molecule has 0 radical (unpaired) electrons. The predicted octanol–water partition coefficient (Wildman–Crippen LogP) is 8.09. The van der Waals surface area contributed by atoms with Crippen molar-refractivity contribution in [2.45, 2.75) is 70.8 Å². The van der Waals surface area contributed by atoms with E-state index in [1.54, 1.807) is 26.6 Å². The molecule has 4 aliphatic heterocycles. The zero-order chi connectivity index (χ0) is 49.4. The molecule has 5 aromatic rings. The van der Waals surface area contributed by atoms with Gasteiger partial charge in [-0.2, -0.15) is 4.98 Å². The van der Waals surface area contributed by atoms with Gasteiger partial charge in [-0.15, -0.1) is 0 Å². The fourth-order valence-corrected chi connectivity index (χ4v) is 12.4. The number of carbonyl (C=O) groups is 3. The highest BCUT2D eigenvalue weighted by molar-refractivity contribution is 9.10. The summed E-state index contributed by atoms with van der Waals surface area (Å²) in [5.41, 5.74) is 5.53. The highest BCUT2D eigenvalue weighted by Gasteiger charge is 2.37. The van der Waals surface area contributed by atoms with Crippen molar-refractivity contribution in [1.29, 1.82) is 0 Å². The number of pyridine rings is 1. The molecule has 4 saturated heterocycles. The number of nitrogens with one attached hydrogen (secondary N) is 3. The third kappa shape index (κ3) is 10.2. The van der Waals surface area contributed by atoms with E-state index in [0.29, 0.717) is 72.0 Å². The molecule has 3 N–H and O–H groups in total. The van der Waals surface area contributed by atoms with E-state index >= 15 is 8.78 Å². The number of piperazine rings is 1. The number of rotatable bonds is 13. The number of ether oxygens (including phenoxy) is 1. The Kier molecular flexibility index (Phi) is 14.5. The van der Waals surface area contributed by atoms with Crippen LogP contribution in [0.15, 0.2) is 59.2 Å². The lowest BCUT2D eigenvalue weighted by Gasteiger charge is -2.44. The molecule has 15 nitrogen and oxygen atoms in total. The zero-order valence-electron chi connectivity index (χ0n) is 40.3. The summed E-state index contributed by atoms with van der Waals surface area (Å²) in [4.78, 5) is 60.6. The van der Waals surface area contributed by atoms with Gasteiger partial charge in [-0.05, 0) is 110 Å². The number of imide groups is 1. The fraction of sp³-hybridized carbons (Fsp3) is 0.451. The monoisotopic (exact) mass is 1040 g/mol. The number of anilines is 6. The molecule has 3 amide bonds. The number of piperidine rings is 2. The summed E-state index contributed by atoms with van der Waals surface area (Å²) in [5, 5.41) is 10.6. The van der Waals surface area contributed by atoms with E-state index in [4.69, 9.17) is 14.7 Å². The molecular weight excluding hydrogens is 981 g/mol. The minimum absolute atomic E-state index is 0.0262. The Hall–Kier alpha value is -5.71. The van der Waals surface area contributed by atoms with E-state index in [-0.39, 0.29) is 30.2 Å². The fourth-order valence-electron chi connectivity index (χ4n) is 10.6. The van der Waals surface area contributed by atoms with Gasteiger partial charge in [0.05, 0.1) is 40.3 Å². The minimum atomic E-state index is -2.76. The first-order valence-corrected chi connectivity index (χ1v) is 27.6. The molecule has 6 heterocycles. The first kappa shape index (κ1) is 49.3. The van der Waals surface area contributed by atoms with Crippen molar-refractivity contribution in [2.75, 3.05) is 93.2 Å². The molecule has 2 unspecified atom stereocenters. The summed E-state index contributed by atoms with van der Waals surface area (Å²) in [6.45, 7) is 13.2. The van der Waals surface area contributed by atoms with Crippen LogP contribution in [-0.4, -0.2) is 121 Å². The van der Waals surface area contributed by atoms with E-state index in [9.17, 15) is 18.9 Å². The van der Waals surface area contributed by atoms with E-state index < -0.39 is 36.5 Å². The lowest BCUT2D eigenvalue weighted by molar-refractivity contribution is -0.137. The molecular formula is C51H60BrF2N10O5P. The van der Waals surface area contributed by atoms with Gasteiger partial charge in [0.15, 0.2) is 0 Å². The van der Waals surface area contributed by atoms with Gasteiger partial charge in [0.2, 0.25) is 23.7 Å². The number of hydrogen-bond donors (Lipinski definition) is 3. The quantitative estimate of drug-likeness (QED) is 0.0767. The number of hydrogen-bond acceptors (Lipinski definition) is 13. The molecule has 9 rings (SSSR count). The van der Waals surface area contributed by atoms with Crippen molar-refractivity contribution in [2.24, 2.45) is 5.92 Å². The topological polar surface area (TPSA) is 165 Å². The molecule has 4 fully saturated rings. The first-order chi connectivity index (χ1) is 33.6. The van der Waals surface area contributed by atoms with Gasteiger partial charge < -0.3 is 34.6 Å². The molecule has 70 heavy (non-hydrogen) atoms. The lowest BCUT2D eigenvalue weighted by Crippen LogP contribution is -2.55. The summed E-state index contributed by atoms with van der Waals surface area (Å²) < 4.78 is 51.0. The number of benzene rings is 3. The van der Waals surface area contributed by atoms with E-state index in [1.807, 2.05) is 34.1 Å². The number of halogens is 3. The van der Waals surface area contributed by atoms with Gasteiger partial charge in [0.25, 0.3) is 0 Å². The highest BCUT2D eigenvalue weighted by atomic mass is 79.9. The SMILES string of the molecule is CCc1ccc2c(P(C)(C)=O)c(Nc3nc(Nc4cc(CC)c(N5CCC(N6CCN(C(=O)C7CCN(c8cc(F)c(C9CCC(=O)NC9=O)c(F)c8)C7)CC6)CC5)cc4OC)ncc3Br)ccc2n1. The van der Waals surface area contributed by atoms with Crippen molar-refractivity contribution in [3.8, 4) is 5.75 Å². The van der Waals surface area contributed by atoms with E-state index in [2.05, 4.69) is 72.6 Å². The standard InChI is InChI=1S/C51H60BrF2N10O5P/c1-6-30-24-42(58-51-55-28-37(52)48(60-51)57-41-12-11-40-35(47(41)70(4,5)68)9-8-32(7-2)56-40)44(69-3)27-43(30)62-18-15-33(16-19-62)61-20-22-63(23-21-61)50(67)31-14-17-64(29-31)34-25-38(53)46(39(54)26-34)36-10-13-45(65)59-49(36)66/h8-9,11-12,24-28,31,33,36H,6-7,10,13-23,29H2,1-5H3,(H,59,65,66)(H2,55,57,58,60). The number of nitrogens with zero attached hydrogens (tertiary/aromatic N) is 7. The number of methoxy groups -OCH3 is 1. The summed E-state index contributed by atoms with van der Waals surface area (Å²) in [6.07, 6.45) is 5.92. The molecule has 4 aliphatic rings. The second-order valence-corrected chi connectivity index (χ2v) is 23.1. The van der Waals surface area contributed by atoms with Crippen LogP contribution < -0.4 is 35.8 Å². The highest BCUT2D eigenvalue weighted by Crippen LogP contribution is 2.43. The molecule has 2 aromatic heterocycles. The normalized spacial score (nSPS) is 19.5. The molecule has 2 atom stereocenters. The zero-order valence-corrected chi connectivity index (χ0v) is 42.8. The Labute approximate surface area is 415 Å². The molecule has 0 spiro atoms. The number of carbonyl (C=O) groups excluding carboxylic acids is 3. The second kappa shape index (κ2) is 20.6. The van der Waals surface area contributed by atoms with Crippen LogP contribution in [0, 0.1) is 17.6 Å². The van der Waals surface area contributed by atoms with Crippen molar-refractivity contribution in [3.63, 3.8) is 0 Å². The average Bonchev–Trinajstić information content (AvgIpc) is 3.85. The average molecular weight is 1040 g/mol. The third-order valence-electron chi connectivity index (χ3n) is 14.3. The summed E-state index contributed by atoms with van der Waals surface area (Å²) in [6, 6.07) is 14.9. The largest absolute Gasteiger partial charge is 0.494 e. The van der Waals surface area contributed by atoms with Crippen LogP contribution >= 0.6 is 23.1 Å². The van der Waals surface area contributed by atoms with Crippen LogP contribution in [0.4, 0.5) is 43.3 Å². The molecule has 0 bridgehead atoms. The van der Waals surface area contributed by atoms with Gasteiger partial charge in [-0.3, -0.25) is 29.6 Å². The van der Waals surface area contributed by atoms with Gasteiger partial charge in [-0.1, -0.05) is 19.9 Å². The minimum Gasteiger partial charge on any atom is -0.494 e. The number of fused-ring (bicyclic) bond motifs is 1. The lowest BCUT2D eigenvalue weighted by atomic mass is 9.89. The van der Waals surface area contributed by atoms with E-state index in [1.165, 1.54) is 12.1 Å². The Morgan fingerprint density at radius 2 is 1.60 bits per heavy atom.